The van der Waals surface area contributed by atoms with Gasteiger partial charge in [0.25, 0.3) is 0 Å². The molecule has 0 saturated carbocycles. The molecule has 15 heavy (non-hydrogen) atoms. The van der Waals surface area contributed by atoms with Crippen LogP contribution in [-0.4, -0.2) is 5.91 Å². The fourth-order valence-corrected chi connectivity index (χ4v) is 1.55. The van der Waals surface area contributed by atoms with E-state index >= 15 is 0 Å². The van der Waals surface area contributed by atoms with Gasteiger partial charge in [0.1, 0.15) is 0 Å². The summed E-state index contributed by atoms with van der Waals surface area (Å²) in [5.74, 6) is -0.619. The molecule has 0 aliphatic heterocycles. The van der Waals surface area contributed by atoms with Crippen LogP contribution in [0.5, 0.6) is 0 Å². The van der Waals surface area contributed by atoms with Crippen molar-refractivity contribution in [3.05, 3.63) is 28.3 Å². The number of carbonyl (C=O) groups is 1. The van der Waals surface area contributed by atoms with E-state index in [9.17, 15) is 4.79 Å². The largest absolute Gasteiger partial charge is 0.326 e. The minimum Gasteiger partial charge on any atom is -0.313 e. The van der Waals surface area contributed by atoms with Gasteiger partial charge in [-0.05, 0) is 49.9 Å². The first-order valence-corrected chi connectivity index (χ1v) is 4.76. The maximum atomic E-state index is 11.0. The number of rotatable bonds is 1. The van der Waals surface area contributed by atoms with Crippen molar-refractivity contribution in [3.8, 4) is 6.07 Å². The van der Waals surface area contributed by atoms with E-state index < -0.39 is 5.91 Å². The smallest absolute Gasteiger partial charge is 0.313 e. The molecular weight excluding hydrogens is 188 g/mol. The quantitative estimate of drug-likeness (QED) is 0.711. The van der Waals surface area contributed by atoms with Gasteiger partial charge in [0.2, 0.25) is 0 Å². The molecule has 78 valence electrons. The van der Waals surface area contributed by atoms with Crippen LogP contribution in [0.25, 0.3) is 0 Å². The summed E-state index contributed by atoms with van der Waals surface area (Å²) in [5.41, 5.74) is 5.03. The second-order valence-corrected chi connectivity index (χ2v) is 3.70. The number of aryl methyl sites for hydroxylation is 2. The van der Waals surface area contributed by atoms with Crippen LogP contribution in [0.15, 0.2) is 6.07 Å². The van der Waals surface area contributed by atoms with Crippen molar-refractivity contribution >= 4 is 11.6 Å². The number of nitrogens with zero attached hydrogens (tertiary/aromatic N) is 1. The summed E-state index contributed by atoms with van der Waals surface area (Å²) in [6.45, 7) is 7.86. The molecule has 0 bridgehead atoms. The first-order chi connectivity index (χ1) is 6.97. The number of carbonyl (C=O) groups excluding carboxylic acids is 1. The molecule has 1 rings (SSSR count). The molecule has 3 nitrogen and oxygen atoms in total. The average Bonchev–Trinajstić information content (AvgIpc) is 2.21. The molecule has 0 aromatic heterocycles. The Hall–Kier alpha value is -1.82. The van der Waals surface area contributed by atoms with Crippen LogP contribution in [0.4, 0.5) is 5.69 Å². The Balaban J connectivity index is 3.28. The van der Waals surface area contributed by atoms with Gasteiger partial charge < -0.3 is 5.32 Å². The third-order valence-corrected chi connectivity index (χ3v) is 2.71. The van der Waals surface area contributed by atoms with E-state index in [4.69, 9.17) is 5.26 Å². The lowest BCUT2D eigenvalue weighted by atomic mass is 9.99. The van der Waals surface area contributed by atoms with Crippen molar-refractivity contribution < 1.29 is 4.79 Å². The Morgan fingerprint density at radius 1 is 1.20 bits per heavy atom. The Bertz CT molecular complexity index is 429. The highest BCUT2D eigenvalue weighted by molar-refractivity contribution is 6.03. The predicted octanol–water partition coefficient (Wildman–Crippen LogP) is 2.38. The summed E-state index contributed by atoms with van der Waals surface area (Å²) < 4.78 is 0. The van der Waals surface area contributed by atoms with Crippen molar-refractivity contribution in [2.24, 2.45) is 0 Å². The molecular formula is C12H14N2O. The average molecular weight is 202 g/mol. The lowest BCUT2D eigenvalue weighted by Gasteiger charge is -2.14. The fraction of sp³-hybridized carbons (Fsp3) is 0.333. The third kappa shape index (κ3) is 2.16. The maximum Gasteiger partial charge on any atom is 0.326 e. The van der Waals surface area contributed by atoms with Crippen LogP contribution in [0, 0.1) is 39.0 Å². The molecule has 0 saturated heterocycles. The zero-order chi connectivity index (χ0) is 11.6. The summed E-state index contributed by atoms with van der Waals surface area (Å²) in [7, 11) is 0. The first-order valence-electron chi connectivity index (χ1n) is 4.76. The minimum absolute atomic E-state index is 0.619. The van der Waals surface area contributed by atoms with Gasteiger partial charge >= 0.3 is 5.91 Å². The van der Waals surface area contributed by atoms with Gasteiger partial charge in [-0.1, -0.05) is 6.07 Å². The number of anilines is 1. The Labute approximate surface area is 89.7 Å². The summed E-state index contributed by atoms with van der Waals surface area (Å²) in [6.07, 6.45) is 0. The normalized spacial score (nSPS) is 9.53. The zero-order valence-electron chi connectivity index (χ0n) is 9.43. The van der Waals surface area contributed by atoms with E-state index in [0.29, 0.717) is 0 Å². The molecule has 1 amide bonds. The fourth-order valence-electron chi connectivity index (χ4n) is 1.55. The van der Waals surface area contributed by atoms with E-state index in [-0.39, 0.29) is 0 Å². The molecule has 1 aromatic rings. The number of nitrogens with one attached hydrogen (secondary N) is 1. The van der Waals surface area contributed by atoms with Crippen molar-refractivity contribution in [2.75, 3.05) is 5.32 Å². The van der Waals surface area contributed by atoms with Crippen LogP contribution in [0.3, 0.4) is 0 Å². The monoisotopic (exact) mass is 202 g/mol. The molecule has 0 atom stereocenters. The van der Waals surface area contributed by atoms with E-state index in [2.05, 4.69) is 11.4 Å². The number of hydrogen-bond donors (Lipinski definition) is 1. The molecule has 0 spiro atoms. The van der Waals surface area contributed by atoms with E-state index in [1.165, 1.54) is 0 Å². The topological polar surface area (TPSA) is 52.9 Å². The zero-order valence-corrected chi connectivity index (χ0v) is 9.43. The SMILES string of the molecule is Cc1cc(C)c(C)c(NC(=O)C#N)c1C. The van der Waals surface area contributed by atoms with Crippen LogP contribution < -0.4 is 5.32 Å². The van der Waals surface area contributed by atoms with Crippen molar-refractivity contribution in [1.82, 2.24) is 0 Å². The van der Waals surface area contributed by atoms with Crippen LogP contribution in [-0.2, 0) is 4.79 Å². The molecule has 0 radical (unpaired) electrons. The van der Waals surface area contributed by atoms with Gasteiger partial charge in [-0.3, -0.25) is 4.79 Å². The standard InChI is InChI=1S/C12H14N2O/c1-7-5-8(2)10(4)12(9(7)3)14-11(15)6-13/h5H,1-4H3,(H,14,15). The van der Waals surface area contributed by atoms with Gasteiger partial charge in [-0.2, -0.15) is 5.26 Å². The molecule has 0 unspecified atom stereocenters. The van der Waals surface area contributed by atoms with Crippen LogP contribution >= 0.6 is 0 Å². The summed E-state index contributed by atoms with van der Waals surface area (Å²) in [6, 6.07) is 3.63. The first kappa shape index (κ1) is 11.3. The lowest BCUT2D eigenvalue weighted by molar-refractivity contribution is -0.111. The molecule has 0 aliphatic carbocycles. The molecule has 1 aromatic carbocycles. The number of hydrogen-bond acceptors (Lipinski definition) is 2. The summed E-state index contributed by atoms with van der Waals surface area (Å²) in [4.78, 5) is 11.0. The predicted molar refractivity (Wildman–Crippen MR) is 59.6 cm³/mol. The highest BCUT2D eigenvalue weighted by atomic mass is 16.1. The van der Waals surface area contributed by atoms with Gasteiger partial charge in [-0.15, -0.1) is 0 Å². The molecule has 0 heterocycles. The molecule has 0 aliphatic rings. The second-order valence-electron chi connectivity index (χ2n) is 3.70. The van der Waals surface area contributed by atoms with Gasteiger partial charge in [-0.25, -0.2) is 0 Å². The Kier molecular flexibility index (Phi) is 3.11. The second kappa shape index (κ2) is 4.14. The van der Waals surface area contributed by atoms with Crippen molar-refractivity contribution in [2.45, 2.75) is 27.7 Å². The van der Waals surface area contributed by atoms with Crippen molar-refractivity contribution in [3.63, 3.8) is 0 Å². The molecule has 3 heteroatoms. The van der Waals surface area contributed by atoms with Gasteiger partial charge in [0.15, 0.2) is 6.07 Å². The highest BCUT2D eigenvalue weighted by Gasteiger charge is 2.10. The summed E-state index contributed by atoms with van der Waals surface area (Å²) in [5, 5.41) is 11.1. The summed E-state index contributed by atoms with van der Waals surface area (Å²) >= 11 is 0. The Morgan fingerprint density at radius 3 is 2.07 bits per heavy atom. The number of benzene rings is 1. The number of amides is 1. The Morgan fingerprint density at radius 2 is 1.67 bits per heavy atom. The van der Waals surface area contributed by atoms with E-state index in [1.54, 1.807) is 6.07 Å². The lowest BCUT2D eigenvalue weighted by Crippen LogP contribution is -2.11. The molecule has 1 N–H and O–H groups in total. The minimum atomic E-state index is -0.619. The van der Waals surface area contributed by atoms with E-state index in [1.807, 2.05) is 27.7 Å². The van der Waals surface area contributed by atoms with Crippen LogP contribution in [0.1, 0.15) is 22.3 Å². The van der Waals surface area contributed by atoms with Crippen LogP contribution in [0.2, 0.25) is 0 Å². The highest BCUT2D eigenvalue weighted by Crippen LogP contribution is 2.26. The van der Waals surface area contributed by atoms with Gasteiger partial charge in [0.05, 0.1) is 0 Å². The van der Waals surface area contributed by atoms with Crippen molar-refractivity contribution in [1.29, 1.82) is 5.26 Å². The maximum absolute atomic E-state index is 11.0. The van der Waals surface area contributed by atoms with Gasteiger partial charge in [0, 0.05) is 5.69 Å². The number of nitriles is 1. The third-order valence-electron chi connectivity index (χ3n) is 2.71. The van der Waals surface area contributed by atoms with E-state index in [0.717, 1.165) is 27.9 Å². The molecule has 0 fully saturated rings.